The highest BCUT2D eigenvalue weighted by Crippen LogP contribution is 2.14. The van der Waals surface area contributed by atoms with Crippen molar-refractivity contribution in [3.63, 3.8) is 0 Å². The molecule has 0 aliphatic heterocycles. The number of para-hydroxylation sites is 1. The summed E-state index contributed by atoms with van der Waals surface area (Å²) in [6.07, 6.45) is 4.29. The van der Waals surface area contributed by atoms with Gasteiger partial charge in [-0.3, -0.25) is 4.79 Å². The molecule has 8 nitrogen and oxygen atoms in total. The van der Waals surface area contributed by atoms with Crippen LogP contribution in [-0.2, 0) is 11.3 Å². The number of nitrogens with one attached hydrogen (secondary N) is 1. The van der Waals surface area contributed by atoms with Crippen LogP contribution < -0.4 is 5.32 Å². The number of anilines is 1. The number of halogens is 1. The molecule has 0 unspecified atom stereocenters. The molecule has 0 saturated heterocycles. The highest BCUT2D eigenvalue weighted by Gasteiger charge is 2.09. The summed E-state index contributed by atoms with van der Waals surface area (Å²) in [6.45, 7) is -0.0160. The molecule has 3 rings (SSSR count). The van der Waals surface area contributed by atoms with E-state index in [4.69, 9.17) is 0 Å². The molecule has 0 aliphatic carbocycles. The Bertz CT molecular complexity index is 753. The number of hydrogen-bond acceptors (Lipinski definition) is 5. The van der Waals surface area contributed by atoms with Crippen LogP contribution in [0.5, 0.6) is 0 Å². The summed E-state index contributed by atoms with van der Waals surface area (Å²) in [7, 11) is 0. The second-order valence-electron chi connectivity index (χ2n) is 4.18. The molecule has 2 aromatic heterocycles. The molecule has 0 saturated carbocycles. The fourth-order valence-corrected chi connectivity index (χ4v) is 1.76. The Hall–Kier alpha value is -3.10. The molecular formula is C12H10FN7O. The molecule has 3 aromatic rings. The summed E-state index contributed by atoms with van der Waals surface area (Å²) >= 11 is 0. The zero-order valence-corrected chi connectivity index (χ0v) is 10.7. The second kappa shape index (κ2) is 5.49. The van der Waals surface area contributed by atoms with E-state index in [0.29, 0.717) is 11.4 Å². The van der Waals surface area contributed by atoms with Crippen LogP contribution in [0.4, 0.5) is 10.1 Å². The molecule has 1 aromatic carbocycles. The molecule has 0 bridgehead atoms. The molecule has 2 heterocycles. The Morgan fingerprint density at radius 1 is 1.33 bits per heavy atom. The molecule has 0 atom stereocenters. The summed E-state index contributed by atoms with van der Waals surface area (Å²) in [4.78, 5) is 11.8. The zero-order chi connectivity index (χ0) is 14.7. The summed E-state index contributed by atoms with van der Waals surface area (Å²) in [5.41, 5.74) is 0.759. The van der Waals surface area contributed by atoms with E-state index in [0.717, 1.165) is 0 Å². The molecule has 1 amide bonds. The van der Waals surface area contributed by atoms with Gasteiger partial charge in [0.15, 0.2) is 0 Å². The van der Waals surface area contributed by atoms with E-state index in [1.165, 1.54) is 34.2 Å². The lowest BCUT2D eigenvalue weighted by atomic mass is 10.3. The SMILES string of the molecule is O=C(Cn1cnnn1)Nc1cnn(-c2ccccc2F)c1. The number of benzene rings is 1. The van der Waals surface area contributed by atoms with Crippen LogP contribution in [-0.4, -0.2) is 35.9 Å². The van der Waals surface area contributed by atoms with Gasteiger partial charge < -0.3 is 5.32 Å². The third-order valence-electron chi connectivity index (χ3n) is 2.66. The predicted molar refractivity (Wildman–Crippen MR) is 70.0 cm³/mol. The summed E-state index contributed by atoms with van der Waals surface area (Å²) in [5, 5.41) is 17.1. The molecular weight excluding hydrogens is 277 g/mol. The van der Waals surface area contributed by atoms with Gasteiger partial charge in [0.2, 0.25) is 5.91 Å². The van der Waals surface area contributed by atoms with E-state index in [9.17, 15) is 9.18 Å². The Morgan fingerprint density at radius 2 is 2.19 bits per heavy atom. The Kier molecular flexibility index (Phi) is 3.37. The van der Waals surface area contributed by atoms with Crippen LogP contribution >= 0.6 is 0 Å². The fourth-order valence-electron chi connectivity index (χ4n) is 1.76. The summed E-state index contributed by atoms with van der Waals surface area (Å²) in [6, 6.07) is 6.23. The Balaban J connectivity index is 1.71. The molecule has 0 fully saturated rings. The maximum atomic E-state index is 13.6. The highest BCUT2D eigenvalue weighted by atomic mass is 19.1. The van der Waals surface area contributed by atoms with E-state index >= 15 is 0 Å². The highest BCUT2D eigenvalue weighted by molar-refractivity contribution is 5.90. The van der Waals surface area contributed by atoms with E-state index in [1.807, 2.05) is 0 Å². The zero-order valence-electron chi connectivity index (χ0n) is 10.7. The first-order valence-electron chi connectivity index (χ1n) is 6.02. The first-order chi connectivity index (χ1) is 10.2. The minimum Gasteiger partial charge on any atom is -0.322 e. The van der Waals surface area contributed by atoms with E-state index in [1.54, 1.807) is 18.2 Å². The van der Waals surface area contributed by atoms with Crippen molar-refractivity contribution in [2.24, 2.45) is 0 Å². The lowest BCUT2D eigenvalue weighted by Crippen LogP contribution is -2.18. The topological polar surface area (TPSA) is 90.5 Å². The number of tetrazole rings is 1. The molecule has 0 aliphatic rings. The van der Waals surface area contributed by atoms with Crippen molar-refractivity contribution in [2.45, 2.75) is 6.54 Å². The number of nitrogens with zero attached hydrogens (tertiary/aromatic N) is 6. The molecule has 9 heteroatoms. The van der Waals surface area contributed by atoms with Crippen molar-refractivity contribution in [1.29, 1.82) is 0 Å². The summed E-state index contributed by atoms with van der Waals surface area (Å²) < 4.78 is 16.3. The third-order valence-corrected chi connectivity index (χ3v) is 2.66. The lowest BCUT2D eigenvalue weighted by Gasteiger charge is -2.02. The van der Waals surface area contributed by atoms with Gasteiger partial charge in [0.25, 0.3) is 0 Å². The van der Waals surface area contributed by atoms with Gasteiger partial charge in [0.05, 0.1) is 18.1 Å². The number of aromatic nitrogens is 6. The van der Waals surface area contributed by atoms with Crippen LogP contribution in [0.3, 0.4) is 0 Å². The summed E-state index contributed by atoms with van der Waals surface area (Å²) in [5.74, 6) is -0.706. The number of hydrogen-bond donors (Lipinski definition) is 1. The van der Waals surface area contributed by atoms with Gasteiger partial charge >= 0.3 is 0 Å². The number of amides is 1. The van der Waals surface area contributed by atoms with Crippen molar-refractivity contribution in [1.82, 2.24) is 30.0 Å². The van der Waals surface area contributed by atoms with Crippen molar-refractivity contribution in [3.8, 4) is 5.69 Å². The van der Waals surface area contributed by atoms with Gasteiger partial charge in [-0.15, -0.1) is 5.10 Å². The number of carbonyl (C=O) groups is 1. The predicted octanol–water partition coefficient (Wildman–Crippen LogP) is 0.637. The Morgan fingerprint density at radius 3 is 2.95 bits per heavy atom. The molecule has 1 N–H and O–H groups in total. The molecule has 21 heavy (non-hydrogen) atoms. The van der Waals surface area contributed by atoms with Gasteiger partial charge in [-0.2, -0.15) is 5.10 Å². The van der Waals surface area contributed by atoms with Crippen molar-refractivity contribution >= 4 is 11.6 Å². The normalized spacial score (nSPS) is 10.5. The number of carbonyl (C=O) groups excluding carboxylic acids is 1. The number of rotatable bonds is 4. The van der Waals surface area contributed by atoms with Crippen molar-refractivity contribution < 1.29 is 9.18 Å². The standard InChI is InChI=1S/C12H10FN7O/c13-10-3-1-2-4-11(10)20-6-9(5-15-20)16-12(21)7-19-8-14-17-18-19/h1-6,8H,7H2,(H,16,21). The van der Waals surface area contributed by atoms with Crippen LogP contribution in [0.1, 0.15) is 0 Å². The third kappa shape index (κ3) is 2.91. The quantitative estimate of drug-likeness (QED) is 0.760. The van der Waals surface area contributed by atoms with Crippen LogP contribution in [0.15, 0.2) is 43.0 Å². The average molecular weight is 287 g/mol. The maximum absolute atomic E-state index is 13.6. The van der Waals surface area contributed by atoms with Crippen LogP contribution in [0.25, 0.3) is 5.69 Å². The van der Waals surface area contributed by atoms with Gasteiger partial charge in [-0.1, -0.05) is 12.1 Å². The fraction of sp³-hybridized carbons (Fsp3) is 0.0833. The molecule has 0 spiro atoms. The van der Waals surface area contributed by atoms with Gasteiger partial charge in [0, 0.05) is 0 Å². The first-order valence-corrected chi connectivity index (χ1v) is 6.02. The monoisotopic (exact) mass is 287 g/mol. The Labute approximate surface area is 118 Å². The van der Waals surface area contributed by atoms with E-state index < -0.39 is 5.82 Å². The van der Waals surface area contributed by atoms with Gasteiger partial charge in [-0.05, 0) is 22.6 Å². The minimum atomic E-state index is -0.396. The molecule has 0 radical (unpaired) electrons. The maximum Gasteiger partial charge on any atom is 0.246 e. The largest absolute Gasteiger partial charge is 0.322 e. The smallest absolute Gasteiger partial charge is 0.246 e. The van der Waals surface area contributed by atoms with E-state index in [-0.39, 0.29) is 12.5 Å². The van der Waals surface area contributed by atoms with Crippen LogP contribution in [0.2, 0.25) is 0 Å². The van der Waals surface area contributed by atoms with Gasteiger partial charge in [0.1, 0.15) is 24.4 Å². The lowest BCUT2D eigenvalue weighted by molar-refractivity contribution is -0.116. The minimum absolute atomic E-state index is 0.0160. The van der Waals surface area contributed by atoms with Crippen LogP contribution in [0, 0.1) is 5.82 Å². The van der Waals surface area contributed by atoms with E-state index in [2.05, 4.69) is 25.9 Å². The average Bonchev–Trinajstić information content (AvgIpc) is 3.11. The molecule has 106 valence electrons. The second-order valence-corrected chi connectivity index (χ2v) is 4.18. The van der Waals surface area contributed by atoms with Crippen molar-refractivity contribution in [2.75, 3.05) is 5.32 Å². The van der Waals surface area contributed by atoms with Crippen molar-refractivity contribution in [3.05, 3.63) is 48.8 Å². The van der Waals surface area contributed by atoms with Gasteiger partial charge in [-0.25, -0.2) is 13.8 Å². The first kappa shape index (κ1) is 12.9.